The fourth-order valence-electron chi connectivity index (χ4n) is 1.43. The normalized spacial score (nSPS) is 17.1. The Labute approximate surface area is 120 Å². The Morgan fingerprint density at radius 3 is 2.15 bits per heavy atom. The van der Waals surface area contributed by atoms with Gasteiger partial charge in [-0.2, -0.15) is 0 Å². The van der Waals surface area contributed by atoms with Gasteiger partial charge in [0.15, 0.2) is 6.10 Å². The molecule has 0 saturated carbocycles. The number of hydrogen-bond donors (Lipinski definition) is 6. The number of carbonyl (C=O) groups excluding carboxylic acids is 1. The van der Waals surface area contributed by atoms with Crippen LogP contribution in [0.15, 0.2) is 24.3 Å². The van der Waals surface area contributed by atoms with E-state index < -0.39 is 36.9 Å². The molecule has 0 aliphatic heterocycles. The van der Waals surface area contributed by atoms with Crippen LogP contribution < -0.4 is 5.32 Å². The van der Waals surface area contributed by atoms with Crippen LogP contribution in [-0.4, -0.2) is 62.5 Å². The average Bonchev–Trinajstić information content (AvgIpc) is 2.46. The lowest BCUT2D eigenvalue weighted by molar-refractivity contribution is -0.144. The molecule has 1 aromatic carbocycles. The maximum absolute atomic E-state index is 11.6. The zero-order chi connectivity index (χ0) is 15.3. The number of hydrogen-bond acceptors (Lipinski definition) is 6. The van der Waals surface area contributed by atoms with Gasteiger partial charge in [-0.3, -0.25) is 4.79 Å². The van der Waals surface area contributed by atoms with E-state index >= 15 is 0 Å². The molecule has 1 aromatic rings. The Morgan fingerprint density at radius 2 is 1.65 bits per heavy atom. The molecule has 0 saturated heterocycles. The Morgan fingerprint density at radius 1 is 1.10 bits per heavy atom. The van der Waals surface area contributed by atoms with Crippen LogP contribution in [0.2, 0.25) is 5.02 Å². The molecule has 112 valence electrons. The van der Waals surface area contributed by atoms with Gasteiger partial charge in [0.1, 0.15) is 18.3 Å². The first-order chi connectivity index (χ1) is 9.36. The van der Waals surface area contributed by atoms with Crippen molar-refractivity contribution in [1.29, 1.82) is 0 Å². The van der Waals surface area contributed by atoms with Crippen LogP contribution >= 0.6 is 11.6 Å². The molecule has 0 aliphatic rings. The molecule has 8 heteroatoms. The van der Waals surface area contributed by atoms with Crippen molar-refractivity contribution in [3.05, 3.63) is 29.3 Å². The molecule has 0 aromatic heterocycles. The van der Waals surface area contributed by atoms with E-state index in [1.165, 1.54) is 24.3 Å². The number of halogens is 1. The summed E-state index contributed by atoms with van der Waals surface area (Å²) in [5, 5.41) is 49.0. The van der Waals surface area contributed by atoms with Gasteiger partial charge in [0.2, 0.25) is 0 Å². The highest BCUT2D eigenvalue weighted by Gasteiger charge is 2.34. The summed E-state index contributed by atoms with van der Waals surface area (Å²) >= 11 is 5.67. The number of aliphatic hydroxyl groups excluding tert-OH is 5. The highest BCUT2D eigenvalue weighted by molar-refractivity contribution is 6.30. The minimum atomic E-state index is -1.97. The summed E-state index contributed by atoms with van der Waals surface area (Å²) in [4.78, 5) is 11.6. The lowest BCUT2D eigenvalue weighted by Crippen LogP contribution is -2.50. The van der Waals surface area contributed by atoms with Crippen LogP contribution in [0.5, 0.6) is 0 Å². The van der Waals surface area contributed by atoms with Gasteiger partial charge >= 0.3 is 0 Å². The SMILES string of the molecule is O=C(Nc1ccc(Cl)cc1)C(O)C(O)C(O)C(O)CO. The predicted octanol–water partition coefficient (Wildman–Crippen LogP) is -1.29. The molecule has 0 aliphatic carbocycles. The molecule has 4 atom stereocenters. The first kappa shape index (κ1) is 16.8. The minimum Gasteiger partial charge on any atom is -0.394 e. The van der Waals surface area contributed by atoms with E-state index in [4.69, 9.17) is 21.8 Å². The first-order valence-electron chi connectivity index (χ1n) is 5.76. The summed E-state index contributed by atoms with van der Waals surface area (Å²) in [6.45, 7) is -0.816. The third-order valence-electron chi connectivity index (χ3n) is 2.64. The van der Waals surface area contributed by atoms with E-state index in [9.17, 15) is 20.1 Å². The van der Waals surface area contributed by atoms with Gasteiger partial charge in [0.05, 0.1) is 6.61 Å². The Bertz CT molecular complexity index is 440. The van der Waals surface area contributed by atoms with Gasteiger partial charge < -0.3 is 30.8 Å². The topological polar surface area (TPSA) is 130 Å². The van der Waals surface area contributed by atoms with Crippen LogP contribution in [-0.2, 0) is 4.79 Å². The molecule has 0 radical (unpaired) electrons. The smallest absolute Gasteiger partial charge is 0.256 e. The van der Waals surface area contributed by atoms with Crippen molar-refractivity contribution in [3.8, 4) is 0 Å². The molecule has 0 fully saturated rings. The summed E-state index contributed by atoms with van der Waals surface area (Å²) in [5.74, 6) is -0.969. The van der Waals surface area contributed by atoms with Gasteiger partial charge in [0.25, 0.3) is 5.91 Å². The number of rotatable bonds is 6. The maximum atomic E-state index is 11.6. The summed E-state index contributed by atoms with van der Waals surface area (Å²) in [6.07, 6.45) is -7.43. The second-order valence-corrected chi connectivity index (χ2v) is 4.61. The molecule has 1 rings (SSSR count). The second-order valence-electron chi connectivity index (χ2n) is 4.17. The van der Waals surface area contributed by atoms with Gasteiger partial charge in [-0.05, 0) is 24.3 Å². The number of carbonyl (C=O) groups is 1. The van der Waals surface area contributed by atoms with Crippen LogP contribution in [0.1, 0.15) is 0 Å². The van der Waals surface area contributed by atoms with Gasteiger partial charge in [-0.1, -0.05) is 11.6 Å². The van der Waals surface area contributed by atoms with Crippen LogP contribution in [0.4, 0.5) is 5.69 Å². The van der Waals surface area contributed by atoms with Crippen LogP contribution in [0.3, 0.4) is 0 Å². The molecule has 4 unspecified atom stereocenters. The summed E-state index contributed by atoms with van der Waals surface area (Å²) in [5.41, 5.74) is 0.336. The van der Waals surface area contributed by atoms with Gasteiger partial charge in [0, 0.05) is 10.7 Å². The average molecular weight is 306 g/mol. The maximum Gasteiger partial charge on any atom is 0.256 e. The van der Waals surface area contributed by atoms with E-state index in [0.29, 0.717) is 10.7 Å². The Hall–Kier alpha value is -1.22. The van der Waals surface area contributed by atoms with E-state index in [2.05, 4.69) is 5.32 Å². The highest BCUT2D eigenvalue weighted by atomic mass is 35.5. The van der Waals surface area contributed by atoms with Crippen molar-refractivity contribution in [3.63, 3.8) is 0 Å². The van der Waals surface area contributed by atoms with Crippen LogP contribution in [0, 0.1) is 0 Å². The lowest BCUT2D eigenvalue weighted by atomic mass is 10.0. The predicted molar refractivity (Wildman–Crippen MR) is 71.2 cm³/mol. The number of amides is 1. The third kappa shape index (κ3) is 4.41. The van der Waals surface area contributed by atoms with Crippen molar-refractivity contribution in [2.45, 2.75) is 24.4 Å². The Balaban J connectivity index is 2.64. The zero-order valence-corrected chi connectivity index (χ0v) is 11.1. The first-order valence-corrected chi connectivity index (χ1v) is 6.14. The van der Waals surface area contributed by atoms with Crippen molar-refractivity contribution in [2.75, 3.05) is 11.9 Å². The summed E-state index contributed by atoms with van der Waals surface area (Å²) in [6, 6.07) is 6.01. The zero-order valence-electron chi connectivity index (χ0n) is 10.3. The highest BCUT2D eigenvalue weighted by Crippen LogP contribution is 2.14. The lowest BCUT2D eigenvalue weighted by Gasteiger charge is -2.24. The molecule has 0 bridgehead atoms. The minimum absolute atomic E-state index is 0.336. The van der Waals surface area contributed by atoms with E-state index in [1.54, 1.807) is 0 Å². The molecule has 0 heterocycles. The van der Waals surface area contributed by atoms with Crippen molar-refractivity contribution in [1.82, 2.24) is 0 Å². The van der Waals surface area contributed by atoms with Crippen molar-refractivity contribution in [2.24, 2.45) is 0 Å². The van der Waals surface area contributed by atoms with E-state index in [-0.39, 0.29) is 0 Å². The fraction of sp³-hybridized carbons (Fsp3) is 0.417. The molecule has 6 N–H and O–H groups in total. The summed E-state index contributed by atoms with van der Waals surface area (Å²) in [7, 11) is 0. The molecule has 20 heavy (non-hydrogen) atoms. The van der Waals surface area contributed by atoms with Gasteiger partial charge in [-0.15, -0.1) is 0 Å². The van der Waals surface area contributed by atoms with Gasteiger partial charge in [-0.25, -0.2) is 0 Å². The largest absolute Gasteiger partial charge is 0.394 e. The second kappa shape index (κ2) is 7.53. The number of nitrogens with one attached hydrogen (secondary N) is 1. The quantitative estimate of drug-likeness (QED) is 0.388. The summed E-state index contributed by atoms with van der Waals surface area (Å²) < 4.78 is 0. The van der Waals surface area contributed by atoms with Crippen molar-refractivity contribution < 1.29 is 30.3 Å². The standard InChI is InChI=1S/C12H16ClNO6/c13-6-1-3-7(4-2-6)14-12(20)11(19)10(18)9(17)8(16)5-15/h1-4,8-11,15-19H,5H2,(H,14,20). The molecule has 7 nitrogen and oxygen atoms in total. The number of aliphatic hydroxyl groups is 5. The van der Waals surface area contributed by atoms with E-state index in [1.807, 2.05) is 0 Å². The fourth-order valence-corrected chi connectivity index (χ4v) is 1.55. The van der Waals surface area contributed by atoms with E-state index in [0.717, 1.165) is 0 Å². The monoisotopic (exact) mass is 305 g/mol. The molecular formula is C12H16ClNO6. The third-order valence-corrected chi connectivity index (χ3v) is 2.89. The van der Waals surface area contributed by atoms with Crippen molar-refractivity contribution >= 4 is 23.2 Å². The van der Waals surface area contributed by atoms with Crippen LogP contribution in [0.25, 0.3) is 0 Å². The Kier molecular flexibility index (Phi) is 6.34. The molecular weight excluding hydrogens is 290 g/mol. The number of benzene rings is 1. The number of anilines is 1. The molecule has 1 amide bonds. The molecule has 0 spiro atoms.